The number of methoxy groups -OCH3 is 1. The normalized spacial score (nSPS) is 18.5. The Hall–Kier alpha value is -2.57. The van der Waals surface area contributed by atoms with Crippen LogP contribution in [0.4, 0.5) is 4.79 Å². The number of nitrogens with zero attached hydrogens (tertiary/aromatic N) is 2. The maximum Gasteiger partial charge on any atom is 0.324 e. The molecule has 3 rings (SSSR count). The second-order valence-electron chi connectivity index (χ2n) is 5.01. The molecule has 0 saturated carbocycles. The van der Waals surface area contributed by atoms with E-state index in [1.807, 2.05) is 0 Å². The average molecular weight is 289 g/mol. The minimum atomic E-state index is -0.374. The lowest BCUT2D eigenvalue weighted by Crippen LogP contribution is -2.62. The molecule has 0 bridgehead atoms. The van der Waals surface area contributed by atoms with Crippen LogP contribution in [0.5, 0.6) is 5.75 Å². The molecule has 7 heteroatoms. The minimum absolute atomic E-state index is 0.0434. The van der Waals surface area contributed by atoms with Crippen molar-refractivity contribution in [3.63, 3.8) is 0 Å². The first-order valence-corrected chi connectivity index (χ1v) is 6.63. The highest BCUT2D eigenvalue weighted by atomic mass is 16.5. The van der Waals surface area contributed by atoms with Gasteiger partial charge in [0, 0.05) is 18.7 Å². The van der Waals surface area contributed by atoms with Gasteiger partial charge in [-0.05, 0) is 24.3 Å². The number of nitrogens with one attached hydrogen (secondary N) is 1. The summed E-state index contributed by atoms with van der Waals surface area (Å²) in [5.74, 6) is 0.342. The summed E-state index contributed by atoms with van der Waals surface area (Å²) < 4.78 is 5.04. The quantitative estimate of drug-likeness (QED) is 0.799. The third-order valence-corrected chi connectivity index (χ3v) is 3.73. The maximum absolute atomic E-state index is 12.2. The zero-order valence-electron chi connectivity index (χ0n) is 11.5. The lowest BCUT2D eigenvalue weighted by atomic mass is 10.1. The lowest BCUT2D eigenvalue weighted by molar-refractivity contribution is -0.128. The number of carbonyl (C=O) groups excluding carboxylic acids is 3. The van der Waals surface area contributed by atoms with Gasteiger partial charge in [-0.3, -0.25) is 14.5 Å². The van der Waals surface area contributed by atoms with Crippen LogP contribution in [0.3, 0.4) is 0 Å². The Morgan fingerprint density at radius 2 is 1.90 bits per heavy atom. The highest BCUT2D eigenvalue weighted by Crippen LogP contribution is 2.21. The second kappa shape index (κ2) is 5.08. The number of urea groups is 1. The number of amides is 4. The van der Waals surface area contributed by atoms with E-state index in [1.165, 1.54) is 4.90 Å². The topological polar surface area (TPSA) is 79.0 Å². The molecular formula is C14H15N3O4. The molecule has 1 aromatic carbocycles. The monoisotopic (exact) mass is 289 g/mol. The first kappa shape index (κ1) is 13.4. The first-order valence-electron chi connectivity index (χ1n) is 6.63. The Bertz CT molecular complexity index is 577. The number of hydrogen-bond acceptors (Lipinski definition) is 4. The molecule has 0 spiro atoms. The Balaban J connectivity index is 1.61. The SMILES string of the molecule is COc1ccc(C(=O)N2CC(N3C(=O)CNC3=O)C2)cc1. The summed E-state index contributed by atoms with van der Waals surface area (Å²) in [5.41, 5.74) is 0.562. The van der Waals surface area contributed by atoms with E-state index in [0.717, 1.165) is 0 Å². The lowest BCUT2D eigenvalue weighted by Gasteiger charge is -2.42. The van der Waals surface area contributed by atoms with Crippen LogP contribution in [0.15, 0.2) is 24.3 Å². The number of ether oxygens (including phenoxy) is 1. The van der Waals surface area contributed by atoms with Crippen molar-refractivity contribution in [2.24, 2.45) is 0 Å². The molecule has 21 heavy (non-hydrogen) atoms. The fourth-order valence-corrected chi connectivity index (χ4v) is 2.50. The van der Waals surface area contributed by atoms with Gasteiger partial charge in [0.25, 0.3) is 5.91 Å². The van der Waals surface area contributed by atoms with Gasteiger partial charge in [-0.1, -0.05) is 0 Å². The molecule has 1 aromatic rings. The molecule has 4 amide bonds. The standard InChI is InChI=1S/C14H15N3O4/c1-21-11-4-2-9(3-5-11)13(19)16-7-10(8-16)17-12(18)6-15-14(17)20/h2-5,10H,6-8H2,1H3,(H,15,20). The van der Waals surface area contributed by atoms with Crippen LogP contribution < -0.4 is 10.1 Å². The van der Waals surface area contributed by atoms with E-state index >= 15 is 0 Å². The average Bonchev–Trinajstić information content (AvgIpc) is 2.78. The molecule has 1 N–H and O–H groups in total. The highest BCUT2D eigenvalue weighted by Gasteiger charge is 2.42. The second-order valence-corrected chi connectivity index (χ2v) is 5.01. The summed E-state index contributed by atoms with van der Waals surface area (Å²) in [6.45, 7) is 0.801. The number of imide groups is 1. The summed E-state index contributed by atoms with van der Waals surface area (Å²) >= 11 is 0. The maximum atomic E-state index is 12.2. The van der Waals surface area contributed by atoms with Crippen molar-refractivity contribution in [1.29, 1.82) is 0 Å². The minimum Gasteiger partial charge on any atom is -0.497 e. The van der Waals surface area contributed by atoms with Crippen molar-refractivity contribution in [3.05, 3.63) is 29.8 Å². The van der Waals surface area contributed by atoms with Crippen LogP contribution in [-0.2, 0) is 4.79 Å². The fourth-order valence-electron chi connectivity index (χ4n) is 2.50. The third kappa shape index (κ3) is 2.31. The van der Waals surface area contributed by atoms with Gasteiger partial charge < -0.3 is 15.0 Å². The van der Waals surface area contributed by atoms with Crippen LogP contribution in [0, 0.1) is 0 Å². The molecule has 2 heterocycles. The zero-order valence-corrected chi connectivity index (χ0v) is 11.5. The number of hydrogen-bond donors (Lipinski definition) is 1. The molecule has 0 aliphatic carbocycles. The predicted molar refractivity (Wildman–Crippen MR) is 72.9 cm³/mol. The van der Waals surface area contributed by atoms with E-state index in [4.69, 9.17) is 4.74 Å². The smallest absolute Gasteiger partial charge is 0.324 e. The van der Waals surface area contributed by atoms with Gasteiger partial charge in [-0.15, -0.1) is 0 Å². The van der Waals surface area contributed by atoms with E-state index in [9.17, 15) is 14.4 Å². The first-order chi connectivity index (χ1) is 10.1. The molecule has 2 fully saturated rings. The van der Waals surface area contributed by atoms with Crippen molar-refractivity contribution in [2.45, 2.75) is 6.04 Å². The van der Waals surface area contributed by atoms with Crippen LogP contribution in [0.1, 0.15) is 10.4 Å². The Labute approximate surface area is 121 Å². The molecule has 0 radical (unpaired) electrons. The van der Waals surface area contributed by atoms with Crippen molar-refractivity contribution in [2.75, 3.05) is 26.7 Å². The van der Waals surface area contributed by atoms with Gasteiger partial charge in [0.15, 0.2) is 0 Å². The number of benzene rings is 1. The van der Waals surface area contributed by atoms with Gasteiger partial charge in [-0.2, -0.15) is 0 Å². The molecule has 2 aliphatic rings. The third-order valence-electron chi connectivity index (χ3n) is 3.73. The molecule has 0 unspecified atom stereocenters. The van der Waals surface area contributed by atoms with Crippen LogP contribution >= 0.6 is 0 Å². The van der Waals surface area contributed by atoms with Gasteiger partial charge in [0.1, 0.15) is 5.75 Å². The summed E-state index contributed by atoms with van der Waals surface area (Å²) in [4.78, 5) is 38.1. The Morgan fingerprint density at radius 1 is 1.24 bits per heavy atom. The molecule has 0 aromatic heterocycles. The van der Waals surface area contributed by atoms with Crippen LogP contribution in [0.25, 0.3) is 0 Å². The summed E-state index contributed by atoms with van der Waals surface area (Å²) in [6, 6.07) is 6.25. The molecule has 2 aliphatic heterocycles. The molecule has 7 nitrogen and oxygen atoms in total. The summed E-state index contributed by atoms with van der Waals surface area (Å²) in [6.07, 6.45) is 0. The number of rotatable bonds is 3. The highest BCUT2D eigenvalue weighted by molar-refractivity contribution is 6.03. The zero-order chi connectivity index (χ0) is 15.0. The fraction of sp³-hybridized carbons (Fsp3) is 0.357. The molecule has 110 valence electrons. The molecule has 0 atom stereocenters. The van der Waals surface area contributed by atoms with Gasteiger partial charge in [0.2, 0.25) is 5.91 Å². The Morgan fingerprint density at radius 3 is 2.43 bits per heavy atom. The van der Waals surface area contributed by atoms with Crippen molar-refractivity contribution >= 4 is 17.8 Å². The number of likely N-dealkylation sites (tertiary alicyclic amines) is 1. The predicted octanol–water partition coefficient (Wildman–Crippen LogP) is 0.0714. The van der Waals surface area contributed by atoms with E-state index in [0.29, 0.717) is 24.4 Å². The van der Waals surface area contributed by atoms with Crippen LogP contribution in [-0.4, -0.2) is 60.4 Å². The van der Waals surface area contributed by atoms with E-state index < -0.39 is 0 Å². The molecule has 2 saturated heterocycles. The molecular weight excluding hydrogens is 274 g/mol. The largest absolute Gasteiger partial charge is 0.497 e. The van der Waals surface area contributed by atoms with Crippen molar-refractivity contribution < 1.29 is 19.1 Å². The van der Waals surface area contributed by atoms with E-state index in [1.54, 1.807) is 36.3 Å². The summed E-state index contributed by atoms with van der Waals surface area (Å²) in [5, 5.41) is 2.48. The Kier molecular flexibility index (Phi) is 3.25. The van der Waals surface area contributed by atoms with Crippen LogP contribution in [0.2, 0.25) is 0 Å². The van der Waals surface area contributed by atoms with Crippen molar-refractivity contribution in [3.8, 4) is 5.75 Å². The summed E-state index contributed by atoms with van der Waals surface area (Å²) in [7, 11) is 1.56. The number of carbonyl (C=O) groups is 3. The van der Waals surface area contributed by atoms with E-state index in [-0.39, 0.29) is 30.4 Å². The van der Waals surface area contributed by atoms with Crippen molar-refractivity contribution in [1.82, 2.24) is 15.1 Å². The van der Waals surface area contributed by atoms with E-state index in [2.05, 4.69) is 5.32 Å². The van der Waals surface area contributed by atoms with Gasteiger partial charge in [-0.25, -0.2) is 4.79 Å². The van der Waals surface area contributed by atoms with Gasteiger partial charge in [0.05, 0.1) is 19.7 Å². The van der Waals surface area contributed by atoms with Gasteiger partial charge >= 0.3 is 6.03 Å².